The maximum Gasteiger partial charge on any atom is 0.407 e. The largest absolute Gasteiger partial charge is 0.407 e. The molecule has 0 radical (unpaired) electrons. The summed E-state index contributed by atoms with van der Waals surface area (Å²) in [6.07, 6.45) is -3.17. The van der Waals surface area contributed by atoms with Crippen molar-refractivity contribution in [2.45, 2.75) is 67.6 Å². The molecule has 0 spiro atoms. The Morgan fingerprint density at radius 3 is 1.89 bits per heavy atom. The molecule has 35 heavy (non-hydrogen) atoms. The number of nitrogens with two attached hydrogens (primary N) is 1. The Balaban J connectivity index is 1.85. The van der Waals surface area contributed by atoms with E-state index in [2.05, 4.69) is 10.6 Å². The molecule has 4 N–H and O–H groups in total. The van der Waals surface area contributed by atoms with Crippen molar-refractivity contribution in [3.63, 3.8) is 0 Å². The van der Waals surface area contributed by atoms with Gasteiger partial charge in [0.05, 0.1) is 16.6 Å². The predicted octanol–water partition coefficient (Wildman–Crippen LogP) is 4.02. The molecule has 1 fully saturated rings. The first-order valence-corrected chi connectivity index (χ1v) is 12.9. The number of carbonyl (C=O) groups excluding carboxylic acids is 1. The van der Waals surface area contributed by atoms with Crippen molar-refractivity contribution in [1.82, 2.24) is 10.6 Å². The molecule has 1 saturated carbocycles. The lowest BCUT2D eigenvalue weighted by Crippen LogP contribution is -2.55. The van der Waals surface area contributed by atoms with Crippen LogP contribution >= 0.6 is 0 Å². The second-order valence-electron chi connectivity index (χ2n) is 9.68. The Bertz CT molecular complexity index is 1150. The van der Waals surface area contributed by atoms with E-state index in [-0.39, 0.29) is 10.5 Å². The predicted molar refractivity (Wildman–Crippen MR) is 125 cm³/mol. The zero-order valence-corrected chi connectivity index (χ0v) is 20.4. The Kier molecular flexibility index (Phi) is 7.36. The van der Waals surface area contributed by atoms with Crippen LogP contribution in [0.15, 0.2) is 53.4 Å². The molecular weight excluding hydrogens is 486 g/mol. The van der Waals surface area contributed by atoms with Gasteiger partial charge in [0.2, 0.25) is 5.91 Å². The summed E-state index contributed by atoms with van der Waals surface area (Å²) < 4.78 is 79.7. The molecule has 0 unspecified atom stereocenters. The van der Waals surface area contributed by atoms with Crippen LogP contribution < -0.4 is 16.4 Å². The third-order valence-electron chi connectivity index (χ3n) is 5.72. The Labute approximate surface area is 202 Å². The van der Waals surface area contributed by atoms with Crippen LogP contribution in [-0.4, -0.2) is 44.1 Å². The molecular formula is C24H29F4N3O3S. The number of rotatable bonds is 9. The summed E-state index contributed by atoms with van der Waals surface area (Å²) in [5.74, 6) is -0.785. The fourth-order valence-corrected chi connectivity index (χ4v) is 4.28. The van der Waals surface area contributed by atoms with E-state index in [0.29, 0.717) is 24.0 Å². The molecule has 0 aromatic heterocycles. The first-order chi connectivity index (χ1) is 16.0. The highest BCUT2D eigenvalue weighted by Crippen LogP contribution is 2.36. The first kappa shape index (κ1) is 27.1. The molecule has 0 saturated heterocycles. The molecule has 3 rings (SSSR count). The maximum atomic E-state index is 14.4. The number of benzene rings is 2. The van der Waals surface area contributed by atoms with Crippen LogP contribution in [0.25, 0.3) is 11.1 Å². The number of amides is 1. The van der Waals surface area contributed by atoms with E-state index >= 15 is 0 Å². The van der Waals surface area contributed by atoms with Crippen molar-refractivity contribution < 1.29 is 30.8 Å². The lowest BCUT2D eigenvalue weighted by Gasteiger charge is -2.30. The normalized spacial score (nSPS) is 17.5. The van der Waals surface area contributed by atoms with Crippen molar-refractivity contribution in [1.29, 1.82) is 0 Å². The van der Waals surface area contributed by atoms with Gasteiger partial charge >= 0.3 is 6.18 Å². The molecule has 6 nitrogen and oxygen atoms in total. The summed E-state index contributed by atoms with van der Waals surface area (Å²) in [6.45, 7) is 2.38. The zero-order chi connectivity index (χ0) is 26.2. The third kappa shape index (κ3) is 7.49. The van der Waals surface area contributed by atoms with Crippen LogP contribution in [0.5, 0.6) is 0 Å². The van der Waals surface area contributed by atoms with Crippen LogP contribution in [0.3, 0.4) is 0 Å². The van der Waals surface area contributed by atoms with Crippen molar-refractivity contribution >= 4 is 15.7 Å². The summed E-state index contributed by atoms with van der Waals surface area (Å²) in [5, 5.41) is 4.81. The number of hydrogen-bond donors (Lipinski definition) is 3. The van der Waals surface area contributed by atoms with Gasteiger partial charge in [-0.3, -0.25) is 10.1 Å². The van der Waals surface area contributed by atoms with E-state index in [1.54, 1.807) is 12.1 Å². The van der Waals surface area contributed by atoms with Crippen LogP contribution in [-0.2, 0) is 14.6 Å². The van der Waals surface area contributed by atoms with Crippen LogP contribution in [0.2, 0.25) is 0 Å². The maximum absolute atomic E-state index is 14.4. The van der Waals surface area contributed by atoms with Crippen LogP contribution in [0.1, 0.15) is 44.7 Å². The number of hydrogen-bond acceptors (Lipinski definition) is 5. The van der Waals surface area contributed by atoms with Gasteiger partial charge in [-0.1, -0.05) is 36.4 Å². The highest BCUT2D eigenvalue weighted by Gasteiger charge is 2.46. The molecule has 2 atom stereocenters. The minimum Gasteiger partial charge on any atom is -0.337 e. The zero-order valence-electron chi connectivity index (χ0n) is 19.6. The average Bonchev–Trinajstić information content (AvgIpc) is 3.45. The van der Waals surface area contributed by atoms with Gasteiger partial charge in [-0.15, -0.1) is 0 Å². The monoisotopic (exact) mass is 515 g/mol. The first-order valence-electron chi connectivity index (χ1n) is 11.0. The molecule has 192 valence electrons. The number of sulfone groups is 1. The average molecular weight is 516 g/mol. The SMILES string of the molecule is CC(C)(F)C[C@H](N[C@@H](c1ccc(-c2ccc(S(C)(=O)=O)cc2)cc1)C(F)(F)F)C(=O)NC1(N)CC1. The summed E-state index contributed by atoms with van der Waals surface area (Å²) in [5.41, 5.74) is 4.05. The van der Waals surface area contributed by atoms with E-state index in [9.17, 15) is 30.8 Å². The lowest BCUT2D eigenvalue weighted by atomic mass is 9.96. The molecule has 1 aliphatic rings. The summed E-state index contributed by atoms with van der Waals surface area (Å²) in [4.78, 5) is 12.8. The van der Waals surface area contributed by atoms with Gasteiger partial charge in [0.1, 0.15) is 11.7 Å². The van der Waals surface area contributed by atoms with E-state index in [0.717, 1.165) is 6.26 Å². The molecule has 2 aromatic rings. The molecule has 0 heterocycles. The van der Waals surface area contributed by atoms with E-state index in [1.165, 1.54) is 50.2 Å². The second kappa shape index (κ2) is 9.51. The fraction of sp³-hybridized carbons (Fsp3) is 0.458. The number of carbonyl (C=O) groups is 1. The number of nitrogens with one attached hydrogen (secondary N) is 2. The molecule has 1 amide bonds. The highest BCUT2D eigenvalue weighted by atomic mass is 32.2. The summed E-state index contributed by atoms with van der Waals surface area (Å²) >= 11 is 0. The van der Waals surface area contributed by atoms with Gasteiger partial charge in [-0.05, 0) is 55.5 Å². The van der Waals surface area contributed by atoms with E-state index in [1.807, 2.05) is 0 Å². The van der Waals surface area contributed by atoms with Gasteiger partial charge in [-0.2, -0.15) is 13.2 Å². The Morgan fingerprint density at radius 1 is 1.00 bits per heavy atom. The second-order valence-corrected chi connectivity index (χ2v) is 11.7. The number of alkyl halides is 4. The quantitative estimate of drug-likeness (QED) is 0.346. The van der Waals surface area contributed by atoms with Crippen molar-refractivity contribution in [3.8, 4) is 11.1 Å². The molecule has 2 aromatic carbocycles. The fourth-order valence-electron chi connectivity index (χ4n) is 3.65. The van der Waals surface area contributed by atoms with Gasteiger partial charge < -0.3 is 11.1 Å². The van der Waals surface area contributed by atoms with Gasteiger partial charge in [-0.25, -0.2) is 12.8 Å². The Hall–Kier alpha value is -2.50. The van der Waals surface area contributed by atoms with Gasteiger partial charge in [0, 0.05) is 12.7 Å². The van der Waals surface area contributed by atoms with Gasteiger partial charge in [0.25, 0.3) is 0 Å². The molecule has 0 aliphatic heterocycles. The van der Waals surface area contributed by atoms with Crippen molar-refractivity contribution in [2.75, 3.05) is 6.26 Å². The molecule has 1 aliphatic carbocycles. The topological polar surface area (TPSA) is 101 Å². The smallest absolute Gasteiger partial charge is 0.337 e. The van der Waals surface area contributed by atoms with Crippen molar-refractivity contribution in [3.05, 3.63) is 54.1 Å². The summed E-state index contributed by atoms with van der Waals surface area (Å²) in [6, 6.07) is 7.76. The lowest BCUT2D eigenvalue weighted by molar-refractivity contribution is -0.161. The van der Waals surface area contributed by atoms with Crippen molar-refractivity contribution in [2.24, 2.45) is 5.73 Å². The van der Waals surface area contributed by atoms with E-state index < -0.39 is 51.8 Å². The standard InChI is InChI=1S/C24H29F4N3O3S/c1-22(2,25)14-19(21(32)31-23(29)12-13-23)30-20(24(26,27)28)17-6-4-15(5-7-17)16-8-10-18(11-9-16)35(3,33)34/h4-11,19-20,30H,12-14,29H2,1-3H3,(H,31,32)/t19-,20-/m0/s1. The minimum absolute atomic E-state index is 0.129. The summed E-state index contributed by atoms with van der Waals surface area (Å²) in [7, 11) is -3.38. The Morgan fingerprint density at radius 2 is 1.49 bits per heavy atom. The van der Waals surface area contributed by atoms with Gasteiger partial charge in [0.15, 0.2) is 9.84 Å². The minimum atomic E-state index is -4.77. The van der Waals surface area contributed by atoms with E-state index in [4.69, 9.17) is 5.73 Å². The van der Waals surface area contributed by atoms with Crippen LogP contribution in [0.4, 0.5) is 17.6 Å². The molecule has 11 heteroatoms. The van der Waals surface area contributed by atoms with Crippen LogP contribution in [0, 0.1) is 0 Å². The third-order valence-corrected chi connectivity index (χ3v) is 6.85. The highest BCUT2D eigenvalue weighted by molar-refractivity contribution is 7.90. The number of halogens is 4. The molecule has 0 bridgehead atoms.